The predicted molar refractivity (Wildman–Crippen MR) is 70.3 cm³/mol. The summed E-state index contributed by atoms with van der Waals surface area (Å²) in [6.07, 6.45) is 0.713. The van der Waals surface area contributed by atoms with E-state index in [0.29, 0.717) is 22.9 Å². The average Bonchev–Trinajstić information content (AvgIpc) is 2.83. The molecule has 0 aliphatic carbocycles. The highest BCUT2D eigenvalue weighted by Crippen LogP contribution is 2.32. The zero-order valence-corrected chi connectivity index (χ0v) is 11.7. The molecule has 6 heteroatoms. The lowest BCUT2D eigenvalue weighted by molar-refractivity contribution is -0.142. The third-order valence-corrected chi connectivity index (χ3v) is 4.99. The topological polar surface area (TPSA) is 57.6 Å². The van der Waals surface area contributed by atoms with Crippen LogP contribution < -0.4 is 0 Å². The van der Waals surface area contributed by atoms with Crippen LogP contribution in [0.1, 0.15) is 28.6 Å². The summed E-state index contributed by atoms with van der Waals surface area (Å²) in [6.45, 7) is 4.16. The first-order chi connectivity index (χ1) is 8.43. The van der Waals surface area contributed by atoms with Gasteiger partial charge in [-0.3, -0.25) is 4.79 Å². The largest absolute Gasteiger partial charge is 0.480 e. The normalized spacial score (nSPS) is 23.4. The van der Waals surface area contributed by atoms with E-state index < -0.39 is 12.0 Å². The monoisotopic (exact) mass is 287 g/mol. The van der Waals surface area contributed by atoms with E-state index in [-0.39, 0.29) is 11.8 Å². The number of rotatable bonds is 2. The second kappa shape index (κ2) is 4.90. The van der Waals surface area contributed by atoms with E-state index in [9.17, 15) is 14.7 Å². The molecule has 1 amide bonds. The van der Waals surface area contributed by atoms with Crippen molar-refractivity contribution in [3.05, 3.63) is 20.8 Å². The Bertz CT molecular complexity index is 500. The number of carbonyl (C=O) groups is 2. The number of carboxylic acids is 1. The first-order valence-electron chi connectivity index (χ1n) is 5.70. The van der Waals surface area contributed by atoms with E-state index >= 15 is 0 Å². The highest BCUT2D eigenvalue weighted by atomic mass is 35.5. The Morgan fingerprint density at radius 1 is 1.56 bits per heavy atom. The third kappa shape index (κ3) is 2.12. The van der Waals surface area contributed by atoms with Crippen LogP contribution in [-0.4, -0.2) is 34.5 Å². The van der Waals surface area contributed by atoms with Crippen molar-refractivity contribution in [3.63, 3.8) is 0 Å². The molecule has 1 N–H and O–H groups in total. The van der Waals surface area contributed by atoms with Crippen molar-refractivity contribution in [2.24, 2.45) is 5.92 Å². The number of amides is 1. The SMILES string of the molecule is Cc1csc(C(=O)N2CCC(C)C2C(=O)O)c1Cl. The summed E-state index contributed by atoms with van der Waals surface area (Å²) >= 11 is 7.33. The third-order valence-electron chi connectivity index (χ3n) is 3.31. The lowest BCUT2D eigenvalue weighted by atomic mass is 10.0. The molecule has 98 valence electrons. The van der Waals surface area contributed by atoms with E-state index in [1.165, 1.54) is 16.2 Å². The summed E-state index contributed by atoms with van der Waals surface area (Å²) in [5, 5.41) is 11.4. The Morgan fingerprint density at radius 2 is 2.22 bits per heavy atom. The van der Waals surface area contributed by atoms with E-state index in [2.05, 4.69) is 0 Å². The molecule has 18 heavy (non-hydrogen) atoms. The molecular weight excluding hydrogens is 274 g/mol. The summed E-state index contributed by atoms with van der Waals surface area (Å²) in [7, 11) is 0. The van der Waals surface area contributed by atoms with Crippen molar-refractivity contribution in [2.75, 3.05) is 6.54 Å². The average molecular weight is 288 g/mol. The second-order valence-electron chi connectivity index (χ2n) is 4.61. The molecule has 1 aliphatic heterocycles. The lowest BCUT2D eigenvalue weighted by Gasteiger charge is -2.22. The summed E-state index contributed by atoms with van der Waals surface area (Å²) in [5.74, 6) is -1.24. The van der Waals surface area contributed by atoms with Crippen LogP contribution in [0.25, 0.3) is 0 Å². The van der Waals surface area contributed by atoms with Crippen LogP contribution in [0.15, 0.2) is 5.38 Å². The van der Waals surface area contributed by atoms with Crippen LogP contribution in [-0.2, 0) is 4.79 Å². The van der Waals surface area contributed by atoms with E-state index in [0.717, 1.165) is 5.56 Å². The molecular formula is C12H14ClNO3S. The predicted octanol–water partition coefficient (Wildman–Crippen LogP) is 2.65. The number of halogens is 1. The van der Waals surface area contributed by atoms with Crippen molar-refractivity contribution in [3.8, 4) is 0 Å². The molecule has 0 aromatic carbocycles. The number of hydrogen-bond acceptors (Lipinski definition) is 3. The number of thiophene rings is 1. The first kappa shape index (κ1) is 13.4. The molecule has 4 nitrogen and oxygen atoms in total. The van der Waals surface area contributed by atoms with E-state index in [1.807, 2.05) is 19.2 Å². The van der Waals surface area contributed by atoms with Gasteiger partial charge in [0.05, 0.1) is 5.02 Å². The van der Waals surface area contributed by atoms with Gasteiger partial charge in [0.2, 0.25) is 0 Å². The van der Waals surface area contributed by atoms with Crippen molar-refractivity contribution < 1.29 is 14.7 Å². The molecule has 0 radical (unpaired) electrons. The summed E-state index contributed by atoms with van der Waals surface area (Å²) < 4.78 is 0. The Labute approximate surface area is 114 Å². The fourth-order valence-corrected chi connectivity index (χ4v) is 3.48. The molecule has 2 heterocycles. The Balaban J connectivity index is 2.29. The van der Waals surface area contributed by atoms with Crippen molar-refractivity contribution in [1.29, 1.82) is 0 Å². The minimum Gasteiger partial charge on any atom is -0.480 e. The second-order valence-corrected chi connectivity index (χ2v) is 5.87. The highest BCUT2D eigenvalue weighted by Gasteiger charge is 2.40. The molecule has 2 unspecified atom stereocenters. The lowest BCUT2D eigenvalue weighted by Crippen LogP contribution is -2.42. The van der Waals surface area contributed by atoms with Crippen molar-refractivity contribution in [2.45, 2.75) is 26.3 Å². The Hall–Kier alpha value is -1.07. The standard InChI is InChI=1S/C12H14ClNO3S/c1-6-3-4-14(9(6)12(16)17)11(15)10-8(13)7(2)5-18-10/h5-6,9H,3-4H2,1-2H3,(H,16,17). The molecule has 1 saturated heterocycles. The fourth-order valence-electron chi connectivity index (χ4n) is 2.26. The van der Waals surface area contributed by atoms with Gasteiger partial charge < -0.3 is 10.0 Å². The number of carbonyl (C=O) groups excluding carboxylic acids is 1. The van der Waals surface area contributed by atoms with Gasteiger partial charge in [-0.2, -0.15) is 0 Å². The van der Waals surface area contributed by atoms with Crippen LogP contribution in [0.4, 0.5) is 0 Å². The van der Waals surface area contributed by atoms with Crippen LogP contribution >= 0.6 is 22.9 Å². The minimum absolute atomic E-state index is 0.0220. The smallest absolute Gasteiger partial charge is 0.326 e. The van der Waals surface area contributed by atoms with Crippen LogP contribution in [0, 0.1) is 12.8 Å². The van der Waals surface area contributed by atoms with Gasteiger partial charge in [0.1, 0.15) is 10.9 Å². The van der Waals surface area contributed by atoms with Gasteiger partial charge in [-0.15, -0.1) is 11.3 Å². The van der Waals surface area contributed by atoms with Gasteiger partial charge in [-0.1, -0.05) is 18.5 Å². The Morgan fingerprint density at radius 3 is 2.72 bits per heavy atom. The number of nitrogens with zero attached hydrogens (tertiary/aromatic N) is 1. The van der Waals surface area contributed by atoms with Gasteiger partial charge in [-0.25, -0.2) is 4.79 Å². The minimum atomic E-state index is -0.947. The summed E-state index contributed by atoms with van der Waals surface area (Å²) in [6, 6.07) is -0.740. The van der Waals surface area contributed by atoms with Crippen molar-refractivity contribution >= 4 is 34.8 Å². The fraction of sp³-hybridized carbons (Fsp3) is 0.500. The number of carboxylic acid groups (broad SMARTS) is 1. The van der Waals surface area contributed by atoms with Crippen molar-refractivity contribution in [1.82, 2.24) is 4.90 Å². The number of hydrogen-bond donors (Lipinski definition) is 1. The maximum Gasteiger partial charge on any atom is 0.326 e. The molecule has 0 bridgehead atoms. The van der Waals surface area contributed by atoms with Crippen LogP contribution in [0.2, 0.25) is 5.02 Å². The molecule has 2 atom stereocenters. The maximum atomic E-state index is 12.3. The van der Waals surface area contributed by atoms with Gasteiger partial charge in [0.15, 0.2) is 0 Å². The van der Waals surface area contributed by atoms with Gasteiger partial charge in [0, 0.05) is 6.54 Å². The molecule has 0 saturated carbocycles. The number of aliphatic carboxylic acids is 1. The summed E-state index contributed by atoms with van der Waals surface area (Å²) in [5.41, 5.74) is 0.851. The molecule has 0 spiro atoms. The Kier molecular flexibility index (Phi) is 3.64. The quantitative estimate of drug-likeness (QED) is 0.910. The zero-order chi connectivity index (χ0) is 13.4. The van der Waals surface area contributed by atoms with Crippen LogP contribution in [0.5, 0.6) is 0 Å². The number of likely N-dealkylation sites (tertiary alicyclic amines) is 1. The number of aryl methyl sites for hydroxylation is 1. The summed E-state index contributed by atoms with van der Waals surface area (Å²) in [4.78, 5) is 25.4. The van der Waals surface area contributed by atoms with Crippen LogP contribution in [0.3, 0.4) is 0 Å². The van der Waals surface area contributed by atoms with Gasteiger partial charge >= 0.3 is 5.97 Å². The molecule has 1 aromatic rings. The first-order valence-corrected chi connectivity index (χ1v) is 6.96. The zero-order valence-electron chi connectivity index (χ0n) is 10.1. The molecule has 1 aromatic heterocycles. The molecule has 1 aliphatic rings. The van der Waals surface area contributed by atoms with E-state index in [4.69, 9.17) is 11.6 Å². The maximum absolute atomic E-state index is 12.3. The molecule has 1 fully saturated rings. The van der Waals surface area contributed by atoms with E-state index in [1.54, 1.807) is 0 Å². The van der Waals surface area contributed by atoms with Gasteiger partial charge in [-0.05, 0) is 30.2 Å². The molecule has 2 rings (SSSR count). The highest BCUT2D eigenvalue weighted by molar-refractivity contribution is 7.13. The van der Waals surface area contributed by atoms with Gasteiger partial charge in [0.25, 0.3) is 5.91 Å².